The van der Waals surface area contributed by atoms with Crippen molar-refractivity contribution in [1.82, 2.24) is 9.97 Å². The first-order valence-corrected chi connectivity index (χ1v) is 12.1. The van der Waals surface area contributed by atoms with Crippen LogP contribution in [0.3, 0.4) is 0 Å². The zero-order chi connectivity index (χ0) is 24.8. The van der Waals surface area contributed by atoms with E-state index < -0.39 is 0 Å². The molecule has 0 saturated carbocycles. The van der Waals surface area contributed by atoms with Crippen LogP contribution in [0.15, 0.2) is 59.5 Å². The Labute approximate surface area is 208 Å². The number of fused-ring (bicyclic) bond motifs is 2. The highest BCUT2D eigenvalue weighted by Gasteiger charge is 2.20. The Morgan fingerprint density at radius 3 is 2.83 bits per heavy atom. The number of carbonyl (C=O) groups is 1. The maximum Gasteiger partial charge on any atom is 0.259 e. The fourth-order valence-electron chi connectivity index (χ4n) is 5.10. The van der Waals surface area contributed by atoms with E-state index in [1.807, 2.05) is 36.4 Å². The molecule has 182 valence electrons. The average molecular weight is 482 g/mol. The van der Waals surface area contributed by atoms with Crippen LogP contribution in [0.2, 0.25) is 0 Å². The highest BCUT2D eigenvalue weighted by atomic mass is 16.5. The van der Waals surface area contributed by atoms with Crippen LogP contribution >= 0.6 is 0 Å². The molecule has 0 aliphatic carbocycles. The molecule has 0 spiro atoms. The second-order valence-corrected chi connectivity index (χ2v) is 9.48. The molecule has 36 heavy (non-hydrogen) atoms. The summed E-state index contributed by atoms with van der Waals surface area (Å²) in [5, 5.41) is 7.55. The summed E-state index contributed by atoms with van der Waals surface area (Å²) < 4.78 is 5.69. The highest BCUT2D eigenvalue weighted by molar-refractivity contribution is 6.00. The van der Waals surface area contributed by atoms with Gasteiger partial charge in [0.05, 0.1) is 30.2 Å². The van der Waals surface area contributed by atoms with Gasteiger partial charge in [0.15, 0.2) is 0 Å². The number of nitrogens with one attached hydrogen (secondary N) is 3. The van der Waals surface area contributed by atoms with E-state index in [1.54, 1.807) is 6.20 Å². The van der Waals surface area contributed by atoms with E-state index >= 15 is 0 Å². The third kappa shape index (κ3) is 4.09. The summed E-state index contributed by atoms with van der Waals surface area (Å²) in [6.07, 6.45) is 2.20. The SMILES string of the molecule is Cc1cc(Nc2nc(-c3ccc4c(c3)CC(=O)N4)cc3cc[nH]c(=O)c23)ccc1N1CCO[C@H](C)C1. The molecule has 0 bridgehead atoms. The summed E-state index contributed by atoms with van der Waals surface area (Å²) in [7, 11) is 0. The van der Waals surface area contributed by atoms with Crippen LogP contribution < -0.4 is 21.1 Å². The van der Waals surface area contributed by atoms with Gasteiger partial charge in [0.2, 0.25) is 5.91 Å². The molecule has 8 heteroatoms. The number of aromatic nitrogens is 2. The zero-order valence-electron chi connectivity index (χ0n) is 20.2. The maximum absolute atomic E-state index is 12.8. The number of morpholine rings is 1. The van der Waals surface area contributed by atoms with Gasteiger partial charge in [-0.2, -0.15) is 0 Å². The first-order valence-electron chi connectivity index (χ1n) is 12.1. The fourth-order valence-corrected chi connectivity index (χ4v) is 5.10. The molecule has 3 N–H and O–H groups in total. The van der Waals surface area contributed by atoms with E-state index in [1.165, 1.54) is 5.69 Å². The molecule has 8 nitrogen and oxygen atoms in total. The van der Waals surface area contributed by atoms with Crippen molar-refractivity contribution >= 4 is 39.6 Å². The van der Waals surface area contributed by atoms with Crippen molar-refractivity contribution in [3.05, 3.63) is 76.2 Å². The number of anilines is 4. The zero-order valence-corrected chi connectivity index (χ0v) is 20.2. The van der Waals surface area contributed by atoms with Gasteiger partial charge in [-0.15, -0.1) is 0 Å². The molecule has 1 amide bonds. The second kappa shape index (κ2) is 8.80. The lowest BCUT2D eigenvalue weighted by atomic mass is 10.0. The summed E-state index contributed by atoms with van der Waals surface area (Å²) in [6, 6.07) is 15.8. The smallest absolute Gasteiger partial charge is 0.259 e. The van der Waals surface area contributed by atoms with Crippen molar-refractivity contribution in [2.24, 2.45) is 0 Å². The van der Waals surface area contributed by atoms with Gasteiger partial charge < -0.3 is 25.3 Å². The van der Waals surface area contributed by atoms with Crippen LogP contribution in [-0.4, -0.2) is 41.7 Å². The quantitative estimate of drug-likeness (QED) is 0.401. The van der Waals surface area contributed by atoms with E-state index in [0.717, 1.165) is 58.8 Å². The van der Waals surface area contributed by atoms with Gasteiger partial charge in [-0.05, 0) is 72.8 Å². The number of pyridine rings is 2. The molecular weight excluding hydrogens is 454 g/mol. The highest BCUT2D eigenvalue weighted by Crippen LogP contribution is 2.33. The molecule has 4 aromatic rings. The standard InChI is InChI=1S/C28H27N5O3/c1-16-11-21(4-6-24(16)33-9-10-36-17(2)15-33)30-27-26-19(7-8-29-28(26)35)13-23(32-27)18-3-5-22-20(12-18)14-25(34)31-22/h3-8,11-13,17H,9-10,14-15H2,1-2H3,(H,29,35)(H,30,32)(H,31,34)/t17-/m1/s1. The van der Waals surface area contributed by atoms with E-state index in [9.17, 15) is 9.59 Å². The number of hydrogen-bond acceptors (Lipinski definition) is 6. The van der Waals surface area contributed by atoms with Gasteiger partial charge >= 0.3 is 0 Å². The minimum atomic E-state index is -0.201. The Balaban J connectivity index is 1.38. The fraction of sp³-hybridized carbons (Fsp3) is 0.250. The molecule has 2 aliphatic heterocycles. The van der Waals surface area contributed by atoms with Gasteiger partial charge in [0.25, 0.3) is 5.56 Å². The number of carbonyl (C=O) groups excluding carboxylic acids is 1. The van der Waals surface area contributed by atoms with Crippen LogP contribution in [0.25, 0.3) is 22.0 Å². The van der Waals surface area contributed by atoms with Crippen LogP contribution in [0.1, 0.15) is 18.1 Å². The monoisotopic (exact) mass is 481 g/mol. The Hall–Kier alpha value is -4.17. The lowest BCUT2D eigenvalue weighted by Gasteiger charge is -2.34. The number of aryl methyl sites for hydroxylation is 1. The van der Waals surface area contributed by atoms with Crippen LogP contribution in [0.4, 0.5) is 22.9 Å². The molecule has 2 aliphatic rings. The number of ether oxygens (including phenoxy) is 1. The van der Waals surface area contributed by atoms with Crippen molar-refractivity contribution in [1.29, 1.82) is 0 Å². The maximum atomic E-state index is 12.8. The van der Waals surface area contributed by atoms with Gasteiger partial charge in [-0.1, -0.05) is 6.07 Å². The van der Waals surface area contributed by atoms with Crippen LogP contribution in [-0.2, 0) is 16.0 Å². The Morgan fingerprint density at radius 2 is 2.00 bits per heavy atom. The number of benzene rings is 2. The number of amides is 1. The van der Waals surface area contributed by atoms with Gasteiger partial charge in [-0.3, -0.25) is 9.59 Å². The number of H-pyrrole nitrogens is 1. The van der Waals surface area contributed by atoms with Crippen molar-refractivity contribution in [2.45, 2.75) is 26.4 Å². The number of hydrogen-bond donors (Lipinski definition) is 3. The molecule has 0 unspecified atom stereocenters. The molecule has 2 aromatic heterocycles. The summed E-state index contributed by atoms with van der Waals surface area (Å²) >= 11 is 0. The summed E-state index contributed by atoms with van der Waals surface area (Å²) in [5.41, 5.74) is 6.38. The van der Waals surface area contributed by atoms with Crippen LogP contribution in [0.5, 0.6) is 0 Å². The topological polar surface area (TPSA) is 99.3 Å². The largest absolute Gasteiger partial charge is 0.375 e. The number of rotatable bonds is 4. The predicted octanol–water partition coefficient (Wildman–Crippen LogP) is 4.36. The van der Waals surface area contributed by atoms with Gasteiger partial charge in [0.1, 0.15) is 5.82 Å². The van der Waals surface area contributed by atoms with E-state index in [2.05, 4.69) is 46.5 Å². The first-order chi connectivity index (χ1) is 17.4. The van der Waals surface area contributed by atoms with Gasteiger partial charge in [0, 0.05) is 41.9 Å². The molecule has 1 fully saturated rings. The molecule has 6 rings (SSSR count). The van der Waals surface area contributed by atoms with Crippen molar-refractivity contribution in [2.75, 3.05) is 35.2 Å². The van der Waals surface area contributed by atoms with Crippen LogP contribution in [0, 0.1) is 6.92 Å². The molecule has 0 radical (unpaired) electrons. The third-order valence-electron chi connectivity index (χ3n) is 6.82. The van der Waals surface area contributed by atoms with Crippen molar-refractivity contribution < 1.29 is 9.53 Å². The molecular formula is C28H27N5O3. The van der Waals surface area contributed by atoms with E-state index in [0.29, 0.717) is 17.6 Å². The molecule has 2 aromatic carbocycles. The normalized spacial score (nSPS) is 17.2. The van der Waals surface area contributed by atoms with E-state index in [-0.39, 0.29) is 17.6 Å². The third-order valence-corrected chi connectivity index (χ3v) is 6.82. The Bertz CT molecular complexity index is 1560. The Kier molecular flexibility index (Phi) is 5.45. The Morgan fingerprint density at radius 1 is 1.11 bits per heavy atom. The van der Waals surface area contributed by atoms with Gasteiger partial charge in [-0.25, -0.2) is 4.98 Å². The average Bonchev–Trinajstić information content (AvgIpc) is 3.23. The van der Waals surface area contributed by atoms with Crippen molar-refractivity contribution in [3.8, 4) is 11.3 Å². The van der Waals surface area contributed by atoms with E-state index in [4.69, 9.17) is 9.72 Å². The van der Waals surface area contributed by atoms with Crippen molar-refractivity contribution in [3.63, 3.8) is 0 Å². The summed E-state index contributed by atoms with van der Waals surface area (Å²) in [6.45, 7) is 6.63. The minimum absolute atomic E-state index is 0.00661. The second-order valence-electron chi connectivity index (χ2n) is 9.48. The minimum Gasteiger partial charge on any atom is -0.375 e. The summed E-state index contributed by atoms with van der Waals surface area (Å²) in [5.74, 6) is 0.485. The molecule has 1 saturated heterocycles. The molecule has 1 atom stereocenters. The first kappa shape index (κ1) is 22.3. The number of aromatic amines is 1. The summed E-state index contributed by atoms with van der Waals surface area (Å²) in [4.78, 5) is 34.6. The predicted molar refractivity (Wildman–Crippen MR) is 142 cm³/mol. The lowest BCUT2D eigenvalue weighted by molar-refractivity contribution is -0.115. The number of nitrogens with zero attached hydrogens (tertiary/aromatic N) is 2. The molecule has 4 heterocycles. The lowest BCUT2D eigenvalue weighted by Crippen LogP contribution is -2.41.